The number of nitrogens with zero attached hydrogens (tertiary/aromatic N) is 1. The molecule has 0 saturated carbocycles. The molecule has 2 atom stereocenters. The van der Waals surface area contributed by atoms with Gasteiger partial charge in [-0.15, -0.1) is 0 Å². The van der Waals surface area contributed by atoms with Crippen molar-refractivity contribution in [1.82, 2.24) is 10.2 Å². The van der Waals surface area contributed by atoms with Gasteiger partial charge in [-0.1, -0.05) is 78.9 Å². The SMILES string of the molecule is O=C(O)COc1ccccc1CN[C@@H]1C2CCN(CC2)[C@H]1C(c1ccccc1)c1ccccc1. The Labute approximate surface area is 201 Å². The molecule has 2 bridgehead atoms. The number of aliphatic carboxylic acids is 1. The summed E-state index contributed by atoms with van der Waals surface area (Å²) in [4.78, 5) is 13.7. The Bertz CT molecular complexity index is 1040. The monoisotopic (exact) mass is 456 g/mol. The molecular weight excluding hydrogens is 424 g/mol. The average Bonchev–Trinajstić information content (AvgIpc) is 2.89. The maximum Gasteiger partial charge on any atom is 0.341 e. The highest BCUT2D eigenvalue weighted by Gasteiger charge is 2.46. The van der Waals surface area contributed by atoms with Gasteiger partial charge in [0.2, 0.25) is 0 Å². The van der Waals surface area contributed by atoms with Gasteiger partial charge in [0, 0.05) is 30.1 Å². The van der Waals surface area contributed by atoms with E-state index >= 15 is 0 Å². The summed E-state index contributed by atoms with van der Waals surface area (Å²) in [7, 11) is 0. The fourth-order valence-electron chi connectivity index (χ4n) is 5.85. The lowest BCUT2D eigenvalue weighted by molar-refractivity contribution is -0.139. The van der Waals surface area contributed by atoms with Gasteiger partial charge < -0.3 is 15.2 Å². The number of benzene rings is 3. The summed E-state index contributed by atoms with van der Waals surface area (Å²) in [6, 6.07) is 30.2. The van der Waals surface area contributed by atoms with Crippen molar-refractivity contribution in [3.8, 4) is 5.75 Å². The number of piperidine rings is 3. The van der Waals surface area contributed by atoms with Crippen LogP contribution in [0.1, 0.15) is 35.4 Å². The van der Waals surface area contributed by atoms with Gasteiger partial charge in [0.05, 0.1) is 0 Å². The number of carboxylic acids is 1. The van der Waals surface area contributed by atoms with Crippen LogP contribution < -0.4 is 10.1 Å². The van der Waals surface area contributed by atoms with Crippen LogP contribution in [0.4, 0.5) is 0 Å². The van der Waals surface area contributed by atoms with Gasteiger partial charge in [0.15, 0.2) is 6.61 Å². The van der Waals surface area contributed by atoms with Crippen molar-refractivity contribution in [2.24, 2.45) is 5.92 Å². The first-order valence-electron chi connectivity index (χ1n) is 12.2. The zero-order chi connectivity index (χ0) is 23.3. The van der Waals surface area contributed by atoms with Gasteiger partial charge in [-0.25, -0.2) is 4.79 Å². The Morgan fingerprint density at radius 3 is 2.12 bits per heavy atom. The molecule has 3 fully saturated rings. The van der Waals surface area contributed by atoms with Crippen LogP contribution in [0.2, 0.25) is 0 Å². The molecule has 0 amide bonds. The van der Waals surface area contributed by atoms with Crippen molar-refractivity contribution in [1.29, 1.82) is 0 Å². The summed E-state index contributed by atoms with van der Waals surface area (Å²) in [5.41, 5.74) is 3.70. The zero-order valence-corrected chi connectivity index (χ0v) is 19.3. The molecule has 0 aliphatic carbocycles. The minimum atomic E-state index is -0.964. The van der Waals surface area contributed by atoms with Crippen molar-refractivity contribution in [2.45, 2.75) is 37.4 Å². The lowest BCUT2D eigenvalue weighted by atomic mass is 9.70. The molecule has 3 heterocycles. The predicted octanol–water partition coefficient (Wildman–Crippen LogP) is 4.53. The summed E-state index contributed by atoms with van der Waals surface area (Å²) in [5.74, 6) is 0.574. The van der Waals surface area contributed by atoms with E-state index in [-0.39, 0.29) is 12.5 Å². The van der Waals surface area contributed by atoms with Crippen LogP contribution in [0.15, 0.2) is 84.9 Å². The number of hydrogen-bond donors (Lipinski definition) is 2. The Hall–Kier alpha value is -3.15. The van der Waals surface area contributed by atoms with E-state index in [0.29, 0.717) is 30.3 Å². The molecule has 176 valence electrons. The molecule has 34 heavy (non-hydrogen) atoms. The molecule has 0 unspecified atom stereocenters. The normalized spacial score (nSPS) is 23.7. The van der Waals surface area contributed by atoms with E-state index < -0.39 is 5.97 Å². The van der Waals surface area contributed by atoms with Crippen molar-refractivity contribution in [3.05, 3.63) is 102 Å². The molecule has 0 spiro atoms. The van der Waals surface area contributed by atoms with Gasteiger partial charge in [-0.05, 0) is 49.0 Å². The van der Waals surface area contributed by atoms with Gasteiger partial charge in [0.1, 0.15) is 5.75 Å². The van der Waals surface area contributed by atoms with E-state index in [1.54, 1.807) is 0 Å². The third kappa shape index (κ3) is 4.86. The van der Waals surface area contributed by atoms with Crippen LogP contribution in [-0.4, -0.2) is 47.8 Å². The van der Waals surface area contributed by atoms with Crippen LogP contribution in [0.5, 0.6) is 5.75 Å². The van der Waals surface area contributed by atoms with E-state index in [1.807, 2.05) is 24.3 Å². The summed E-state index contributed by atoms with van der Waals surface area (Å²) in [5, 5.41) is 12.9. The number of rotatable bonds is 9. The van der Waals surface area contributed by atoms with Crippen LogP contribution in [0, 0.1) is 5.92 Å². The van der Waals surface area contributed by atoms with E-state index in [0.717, 1.165) is 18.7 Å². The quantitative estimate of drug-likeness (QED) is 0.495. The number of ether oxygens (including phenoxy) is 1. The molecule has 3 saturated heterocycles. The molecule has 5 nitrogen and oxygen atoms in total. The Balaban J connectivity index is 1.44. The van der Waals surface area contributed by atoms with Crippen molar-refractivity contribution in [3.63, 3.8) is 0 Å². The second kappa shape index (κ2) is 10.4. The molecule has 5 heteroatoms. The van der Waals surface area contributed by atoms with Crippen molar-refractivity contribution < 1.29 is 14.6 Å². The van der Waals surface area contributed by atoms with Crippen molar-refractivity contribution >= 4 is 5.97 Å². The molecule has 2 N–H and O–H groups in total. The molecule has 6 rings (SSSR count). The lowest BCUT2D eigenvalue weighted by Crippen LogP contribution is -2.64. The first-order valence-corrected chi connectivity index (χ1v) is 12.2. The Kier molecular flexibility index (Phi) is 6.93. The molecule has 0 radical (unpaired) electrons. The summed E-state index contributed by atoms with van der Waals surface area (Å²) >= 11 is 0. The van der Waals surface area contributed by atoms with E-state index in [9.17, 15) is 4.79 Å². The van der Waals surface area contributed by atoms with Gasteiger partial charge >= 0.3 is 5.97 Å². The van der Waals surface area contributed by atoms with E-state index in [4.69, 9.17) is 9.84 Å². The van der Waals surface area contributed by atoms with Crippen LogP contribution in [0.3, 0.4) is 0 Å². The van der Waals surface area contributed by atoms with Gasteiger partial charge in [0.25, 0.3) is 0 Å². The second-order valence-corrected chi connectivity index (χ2v) is 9.36. The average molecular weight is 457 g/mol. The first kappa shape index (κ1) is 22.6. The van der Waals surface area contributed by atoms with Gasteiger partial charge in [-0.2, -0.15) is 0 Å². The highest BCUT2D eigenvalue weighted by Crippen LogP contribution is 2.42. The number of carboxylic acid groups (broad SMARTS) is 1. The minimum Gasteiger partial charge on any atom is -0.482 e. The fraction of sp³-hybridized carbons (Fsp3) is 0.345. The summed E-state index contributed by atoms with van der Waals surface area (Å²) < 4.78 is 5.56. The summed E-state index contributed by atoms with van der Waals surface area (Å²) in [6.45, 7) is 2.60. The third-order valence-corrected chi connectivity index (χ3v) is 7.38. The highest BCUT2D eigenvalue weighted by atomic mass is 16.5. The molecule has 3 aliphatic rings. The van der Waals surface area contributed by atoms with Crippen LogP contribution in [0.25, 0.3) is 0 Å². The smallest absolute Gasteiger partial charge is 0.341 e. The highest BCUT2D eigenvalue weighted by molar-refractivity contribution is 5.68. The number of carbonyl (C=O) groups is 1. The molecule has 3 aromatic rings. The minimum absolute atomic E-state index is 0.279. The largest absolute Gasteiger partial charge is 0.482 e. The Morgan fingerprint density at radius 1 is 0.912 bits per heavy atom. The Morgan fingerprint density at radius 2 is 1.50 bits per heavy atom. The number of fused-ring (bicyclic) bond motifs is 3. The maximum atomic E-state index is 11.0. The maximum absolute atomic E-state index is 11.0. The standard InChI is InChI=1S/C29H32N2O3/c32-26(33)20-34-25-14-8-7-13-24(25)19-30-28-23-15-17-31(18-16-23)29(28)27(21-9-3-1-4-10-21)22-11-5-2-6-12-22/h1-14,23,27-30H,15-20H2,(H,32,33)/t28-,29+/m1/s1. The third-order valence-electron chi connectivity index (χ3n) is 7.38. The molecular formula is C29H32N2O3. The van der Waals surface area contributed by atoms with E-state index in [2.05, 4.69) is 70.9 Å². The zero-order valence-electron chi connectivity index (χ0n) is 19.3. The molecule has 0 aromatic heterocycles. The molecule has 3 aliphatic heterocycles. The fourth-order valence-corrected chi connectivity index (χ4v) is 5.85. The lowest BCUT2D eigenvalue weighted by Gasteiger charge is -2.54. The van der Waals surface area contributed by atoms with E-state index in [1.165, 1.54) is 24.0 Å². The number of para-hydroxylation sites is 1. The predicted molar refractivity (Wildman–Crippen MR) is 133 cm³/mol. The van der Waals surface area contributed by atoms with Crippen LogP contribution >= 0.6 is 0 Å². The van der Waals surface area contributed by atoms with Gasteiger partial charge in [-0.3, -0.25) is 4.90 Å². The first-order chi connectivity index (χ1) is 16.7. The second-order valence-electron chi connectivity index (χ2n) is 9.36. The number of nitrogens with one attached hydrogen (secondary N) is 1. The van der Waals surface area contributed by atoms with Crippen LogP contribution in [-0.2, 0) is 11.3 Å². The number of hydrogen-bond acceptors (Lipinski definition) is 4. The molecule has 3 aromatic carbocycles. The van der Waals surface area contributed by atoms with Crippen molar-refractivity contribution in [2.75, 3.05) is 19.7 Å². The summed E-state index contributed by atoms with van der Waals surface area (Å²) in [6.07, 6.45) is 2.42. The topological polar surface area (TPSA) is 61.8 Å².